The van der Waals surface area contributed by atoms with Crippen LogP contribution in [0.5, 0.6) is 0 Å². The molecule has 3 rings (SSSR count). The number of pyridine rings is 1. The van der Waals surface area contributed by atoms with Crippen LogP contribution in [0.3, 0.4) is 0 Å². The van der Waals surface area contributed by atoms with Gasteiger partial charge in [-0.1, -0.05) is 0 Å². The summed E-state index contributed by atoms with van der Waals surface area (Å²) in [5, 5.41) is 4.13. The summed E-state index contributed by atoms with van der Waals surface area (Å²) in [5.41, 5.74) is 3.28. The molecule has 0 atom stereocenters. The van der Waals surface area contributed by atoms with Gasteiger partial charge in [0.1, 0.15) is 12.7 Å². The number of benzene rings is 1. The number of hydrogen-bond donors (Lipinski definition) is 0. The fourth-order valence-corrected chi connectivity index (χ4v) is 2.66. The molecule has 0 bridgehead atoms. The van der Waals surface area contributed by atoms with E-state index in [9.17, 15) is 4.79 Å². The van der Waals surface area contributed by atoms with E-state index in [1.807, 2.05) is 51.1 Å². The molecule has 0 aliphatic carbocycles. The predicted octanol–water partition coefficient (Wildman–Crippen LogP) is 3.03. The van der Waals surface area contributed by atoms with Crippen molar-refractivity contribution in [3.8, 4) is 5.69 Å². The lowest BCUT2D eigenvalue weighted by atomic mass is 10.1. The van der Waals surface area contributed by atoms with E-state index in [-0.39, 0.29) is 11.9 Å². The Hall–Kier alpha value is -3.02. The van der Waals surface area contributed by atoms with E-state index in [0.717, 1.165) is 16.9 Å². The molecule has 0 unspecified atom stereocenters. The summed E-state index contributed by atoms with van der Waals surface area (Å²) in [6.45, 7) is 5.93. The zero-order valence-electron chi connectivity index (χ0n) is 13.9. The van der Waals surface area contributed by atoms with Gasteiger partial charge in [-0.15, -0.1) is 0 Å². The molecule has 0 N–H and O–H groups in total. The molecular weight excluding hydrogens is 302 g/mol. The third kappa shape index (κ3) is 3.03. The van der Waals surface area contributed by atoms with Crippen molar-refractivity contribution < 1.29 is 4.79 Å². The molecule has 0 aliphatic rings. The van der Waals surface area contributed by atoms with Crippen molar-refractivity contribution in [1.29, 1.82) is 0 Å². The van der Waals surface area contributed by atoms with Gasteiger partial charge in [-0.05, 0) is 56.7 Å². The van der Waals surface area contributed by atoms with Crippen molar-refractivity contribution in [2.45, 2.75) is 26.8 Å². The molecule has 0 aliphatic heterocycles. The van der Waals surface area contributed by atoms with Crippen LogP contribution >= 0.6 is 0 Å². The molecule has 3 aromatic rings. The van der Waals surface area contributed by atoms with Crippen LogP contribution in [0.15, 0.2) is 55.4 Å². The van der Waals surface area contributed by atoms with Crippen molar-refractivity contribution in [3.05, 3.63) is 66.5 Å². The molecule has 2 aromatic heterocycles. The normalized spacial score (nSPS) is 10.8. The second-order valence-corrected chi connectivity index (χ2v) is 5.82. The lowest BCUT2D eigenvalue weighted by Gasteiger charge is -2.26. The predicted molar refractivity (Wildman–Crippen MR) is 92.3 cm³/mol. The highest BCUT2D eigenvalue weighted by molar-refractivity contribution is 6.06. The maximum Gasteiger partial charge on any atom is 0.258 e. The van der Waals surface area contributed by atoms with Crippen molar-refractivity contribution in [2.24, 2.45) is 0 Å². The molecule has 0 fully saturated rings. The van der Waals surface area contributed by atoms with Gasteiger partial charge >= 0.3 is 0 Å². The molecule has 1 aromatic carbocycles. The van der Waals surface area contributed by atoms with Gasteiger partial charge in [0.15, 0.2) is 0 Å². The minimum atomic E-state index is -0.0498. The first-order valence-corrected chi connectivity index (χ1v) is 7.77. The number of aromatic nitrogens is 4. The fourth-order valence-electron chi connectivity index (χ4n) is 2.66. The van der Waals surface area contributed by atoms with Crippen LogP contribution in [0.2, 0.25) is 0 Å². The van der Waals surface area contributed by atoms with E-state index >= 15 is 0 Å². The lowest BCUT2D eigenvalue weighted by molar-refractivity contribution is 0.0980. The number of amides is 1. The summed E-state index contributed by atoms with van der Waals surface area (Å²) >= 11 is 0. The summed E-state index contributed by atoms with van der Waals surface area (Å²) < 4.78 is 1.69. The molecule has 24 heavy (non-hydrogen) atoms. The van der Waals surface area contributed by atoms with E-state index in [1.54, 1.807) is 28.3 Å². The largest absolute Gasteiger partial charge is 0.304 e. The lowest BCUT2D eigenvalue weighted by Crippen LogP contribution is -2.37. The van der Waals surface area contributed by atoms with Crippen LogP contribution in [0.1, 0.15) is 29.8 Å². The van der Waals surface area contributed by atoms with Crippen molar-refractivity contribution in [2.75, 3.05) is 4.90 Å². The summed E-state index contributed by atoms with van der Waals surface area (Å²) in [4.78, 5) is 22.8. The zero-order valence-corrected chi connectivity index (χ0v) is 13.9. The summed E-state index contributed by atoms with van der Waals surface area (Å²) in [6.07, 6.45) is 6.53. The Balaban J connectivity index is 1.95. The third-order valence-electron chi connectivity index (χ3n) is 3.77. The number of aryl methyl sites for hydroxylation is 1. The molecule has 6 heteroatoms. The quantitative estimate of drug-likeness (QED) is 0.741. The Bertz CT molecular complexity index is 828. The van der Waals surface area contributed by atoms with E-state index in [2.05, 4.69) is 15.1 Å². The van der Waals surface area contributed by atoms with Gasteiger partial charge in [0.2, 0.25) is 0 Å². The van der Waals surface area contributed by atoms with Crippen LogP contribution < -0.4 is 4.90 Å². The highest BCUT2D eigenvalue weighted by Crippen LogP contribution is 2.21. The number of hydrogen-bond acceptors (Lipinski definition) is 4. The average molecular weight is 321 g/mol. The van der Waals surface area contributed by atoms with Gasteiger partial charge in [0.05, 0.1) is 17.6 Å². The molecule has 0 saturated heterocycles. The van der Waals surface area contributed by atoms with Crippen LogP contribution in [-0.2, 0) is 0 Å². The highest BCUT2D eigenvalue weighted by atomic mass is 16.2. The first-order valence-electron chi connectivity index (χ1n) is 7.77. The number of nitrogens with zero attached hydrogens (tertiary/aromatic N) is 5. The average Bonchev–Trinajstić information content (AvgIpc) is 3.09. The SMILES string of the molecule is Cc1cc(C(=O)N(c2cccnc2)C(C)C)ccc1-n1cncn1. The minimum Gasteiger partial charge on any atom is -0.304 e. The topological polar surface area (TPSA) is 63.9 Å². The smallest absolute Gasteiger partial charge is 0.258 e. The van der Waals surface area contributed by atoms with Gasteiger partial charge in [-0.3, -0.25) is 9.78 Å². The maximum absolute atomic E-state index is 13.0. The van der Waals surface area contributed by atoms with Gasteiger partial charge in [0.25, 0.3) is 5.91 Å². The van der Waals surface area contributed by atoms with Gasteiger partial charge in [-0.25, -0.2) is 9.67 Å². The van der Waals surface area contributed by atoms with Crippen molar-refractivity contribution >= 4 is 11.6 Å². The molecule has 122 valence electrons. The van der Waals surface area contributed by atoms with Crippen molar-refractivity contribution in [3.63, 3.8) is 0 Å². The Morgan fingerprint density at radius 1 is 1.21 bits per heavy atom. The zero-order chi connectivity index (χ0) is 17.1. The van der Waals surface area contributed by atoms with Crippen LogP contribution in [-0.4, -0.2) is 31.7 Å². The van der Waals surface area contributed by atoms with E-state index < -0.39 is 0 Å². The second kappa shape index (κ2) is 6.62. The standard InChI is InChI=1S/C18H19N5O/c1-13(2)23(16-5-4-8-19-10-16)18(24)15-6-7-17(14(3)9-15)22-12-20-11-21-22/h4-13H,1-3H3. The fraction of sp³-hybridized carbons (Fsp3) is 0.222. The Kier molecular flexibility index (Phi) is 4.37. The summed E-state index contributed by atoms with van der Waals surface area (Å²) in [5.74, 6) is -0.0498. The maximum atomic E-state index is 13.0. The Labute approximate surface area is 140 Å². The van der Waals surface area contributed by atoms with E-state index in [4.69, 9.17) is 0 Å². The number of anilines is 1. The number of rotatable bonds is 4. The van der Waals surface area contributed by atoms with Gasteiger partial charge in [-0.2, -0.15) is 5.10 Å². The molecule has 1 amide bonds. The minimum absolute atomic E-state index is 0.0250. The number of carbonyl (C=O) groups is 1. The molecule has 0 radical (unpaired) electrons. The molecule has 2 heterocycles. The molecule has 6 nitrogen and oxygen atoms in total. The van der Waals surface area contributed by atoms with E-state index in [0.29, 0.717) is 5.56 Å². The van der Waals surface area contributed by atoms with Gasteiger partial charge in [0, 0.05) is 17.8 Å². The Morgan fingerprint density at radius 3 is 2.62 bits per heavy atom. The Morgan fingerprint density at radius 2 is 2.04 bits per heavy atom. The molecule has 0 spiro atoms. The van der Waals surface area contributed by atoms with Gasteiger partial charge < -0.3 is 4.90 Å². The van der Waals surface area contributed by atoms with Crippen LogP contribution in [0, 0.1) is 6.92 Å². The molecular formula is C18H19N5O. The first kappa shape index (κ1) is 15.9. The molecule has 0 saturated carbocycles. The first-order chi connectivity index (χ1) is 11.6. The summed E-state index contributed by atoms with van der Waals surface area (Å²) in [7, 11) is 0. The van der Waals surface area contributed by atoms with Crippen LogP contribution in [0.4, 0.5) is 5.69 Å². The highest BCUT2D eigenvalue weighted by Gasteiger charge is 2.21. The second-order valence-electron chi connectivity index (χ2n) is 5.82. The third-order valence-corrected chi connectivity index (χ3v) is 3.77. The van der Waals surface area contributed by atoms with E-state index in [1.165, 1.54) is 6.33 Å². The van der Waals surface area contributed by atoms with Crippen LogP contribution in [0.25, 0.3) is 5.69 Å². The number of carbonyl (C=O) groups excluding carboxylic acids is 1. The monoisotopic (exact) mass is 321 g/mol. The van der Waals surface area contributed by atoms with Crippen molar-refractivity contribution in [1.82, 2.24) is 19.7 Å². The summed E-state index contributed by atoms with van der Waals surface area (Å²) in [6, 6.07) is 9.33.